The molecule has 0 radical (unpaired) electrons. The van der Waals surface area contributed by atoms with E-state index in [1.54, 1.807) is 20.3 Å². The Hall–Kier alpha value is -2.53. The lowest BCUT2D eigenvalue weighted by molar-refractivity contribution is 0.306. The fraction of sp³-hybridized carbons (Fsp3) is 0.529. The van der Waals surface area contributed by atoms with Crippen molar-refractivity contribution in [3.8, 4) is 0 Å². The van der Waals surface area contributed by atoms with E-state index in [0.717, 1.165) is 30.1 Å². The van der Waals surface area contributed by atoms with Gasteiger partial charge in [-0.05, 0) is 25.0 Å². The number of anilines is 1. The van der Waals surface area contributed by atoms with Crippen LogP contribution in [0.15, 0.2) is 29.7 Å². The normalized spacial score (nSPS) is 18.6. The van der Waals surface area contributed by atoms with Crippen molar-refractivity contribution in [1.29, 1.82) is 0 Å². The van der Waals surface area contributed by atoms with Crippen LogP contribution in [-0.4, -0.2) is 68.3 Å². The summed E-state index contributed by atoms with van der Waals surface area (Å²) in [6.45, 7) is 1.17. The second-order valence-electron chi connectivity index (χ2n) is 7.55. The molecule has 3 aromatic heterocycles. The van der Waals surface area contributed by atoms with E-state index in [1.807, 2.05) is 16.6 Å². The van der Waals surface area contributed by atoms with Crippen LogP contribution in [0, 0.1) is 0 Å². The fourth-order valence-corrected chi connectivity index (χ4v) is 5.09. The van der Waals surface area contributed by atoms with Gasteiger partial charge < -0.3 is 9.47 Å². The van der Waals surface area contributed by atoms with Gasteiger partial charge in [0, 0.05) is 45.5 Å². The molecule has 1 saturated heterocycles. The van der Waals surface area contributed by atoms with Gasteiger partial charge in [0.1, 0.15) is 5.82 Å². The second kappa shape index (κ2) is 6.24. The molecule has 1 aliphatic heterocycles. The van der Waals surface area contributed by atoms with Crippen LogP contribution in [0.5, 0.6) is 0 Å². The van der Waals surface area contributed by atoms with Gasteiger partial charge in [0.2, 0.25) is 5.16 Å². The smallest absolute Gasteiger partial charge is 0.277 e. The number of fused-ring (bicyclic) bond motifs is 1. The van der Waals surface area contributed by atoms with Gasteiger partial charge in [-0.2, -0.15) is 8.82 Å². The molecule has 2 fully saturated rings. The van der Waals surface area contributed by atoms with E-state index >= 15 is 0 Å². The highest BCUT2D eigenvalue weighted by Gasteiger charge is 2.39. The summed E-state index contributed by atoms with van der Waals surface area (Å²) in [7, 11) is -0.331. The highest BCUT2D eigenvalue weighted by Crippen LogP contribution is 2.35. The van der Waals surface area contributed by atoms with Gasteiger partial charge in [0.25, 0.3) is 10.0 Å². The van der Waals surface area contributed by atoms with Gasteiger partial charge in [-0.15, -0.1) is 15.3 Å². The summed E-state index contributed by atoms with van der Waals surface area (Å²) in [5, 5.41) is 13.3. The summed E-state index contributed by atoms with van der Waals surface area (Å²) in [4.78, 5) is 6.05. The van der Waals surface area contributed by atoms with Crippen molar-refractivity contribution in [3.63, 3.8) is 0 Å². The minimum absolute atomic E-state index is 0.0580. The molecule has 1 aliphatic carbocycles. The summed E-state index contributed by atoms with van der Waals surface area (Å²) < 4.78 is 30.3. The maximum atomic E-state index is 12.8. The van der Waals surface area contributed by atoms with Crippen molar-refractivity contribution in [2.75, 3.05) is 25.0 Å². The lowest BCUT2D eigenvalue weighted by Gasteiger charge is -2.43. The quantitative estimate of drug-likeness (QED) is 0.617. The first-order valence-corrected chi connectivity index (χ1v) is 10.8. The third kappa shape index (κ3) is 2.60. The molecule has 0 bridgehead atoms. The van der Waals surface area contributed by atoms with Crippen LogP contribution in [0.2, 0.25) is 0 Å². The van der Waals surface area contributed by atoms with Crippen molar-refractivity contribution in [3.05, 3.63) is 30.4 Å². The van der Waals surface area contributed by atoms with Crippen LogP contribution in [0.4, 0.5) is 5.82 Å². The topological polar surface area (TPSA) is 102 Å². The van der Waals surface area contributed by atoms with Gasteiger partial charge in [-0.1, -0.05) is 6.42 Å². The number of nitrogens with zero attached hydrogens (tertiary/aromatic N) is 8. The van der Waals surface area contributed by atoms with Crippen molar-refractivity contribution >= 4 is 21.5 Å². The molecule has 0 aromatic carbocycles. The Kier molecular flexibility index (Phi) is 3.91. The zero-order chi connectivity index (χ0) is 19.5. The Balaban J connectivity index is 1.33. The first-order chi connectivity index (χ1) is 13.4. The predicted octanol–water partition coefficient (Wildman–Crippen LogP) is 0.635. The molecule has 0 atom stereocenters. The van der Waals surface area contributed by atoms with Gasteiger partial charge in [0.15, 0.2) is 11.5 Å². The summed E-state index contributed by atoms with van der Waals surface area (Å²) >= 11 is 0. The molecule has 0 amide bonds. The number of likely N-dealkylation sites (N-methyl/N-ethyl adjacent to an activating group) is 1. The van der Waals surface area contributed by atoms with E-state index < -0.39 is 10.0 Å². The Morgan fingerprint density at radius 1 is 1.18 bits per heavy atom. The van der Waals surface area contributed by atoms with Gasteiger partial charge in [-0.3, -0.25) is 0 Å². The van der Waals surface area contributed by atoms with E-state index in [9.17, 15) is 8.42 Å². The Morgan fingerprint density at radius 3 is 2.61 bits per heavy atom. The molecule has 2 aliphatic rings. The van der Waals surface area contributed by atoms with Crippen LogP contribution in [0.25, 0.3) is 5.65 Å². The lowest BCUT2D eigenvalue weighted by Crippen LogP contribution is -2.60. The third-order valence-electron chi connectivity index (χ3n) is 5.83. The number of sulfonamides is 1. The van der Waals surface area contributed by atoms with Crippen LogP contribution in [0.3, 0.4) is 0 Å². The molecule has 11 heteroatoms. The average molecular weight is 402 g/mol. The Bertz CT molecular complexity index is 1130. The molecule has 4 heterocycles. The van der Waals surface area contributed by atoms with Crippen molar-refractivity contribution in [2.24, 2.45) is 7.05 Å². The summed E-state index contributed by atoms with van der Waals surface area (Å²) in [5.41, 5.74) is 0.747. The van der Waals surface area contributed by atoms with Crippen molar-refractivity contribution < 1.29 is 8.42 Å². The molecule has 0 N–H and O–H groups in total. The first-order valence-electron chi connectivity index (χ1n) is 9.38. The number of hydrogen-bond donors (Lipinski definition) is 0. The summed E-state index contributed by atoms with van der Waals surface area (Å²) in [6, 6.07) is 3.71. The van der Waals surface area contributed by atoms with E-state index in [1.165, 1.54) is 21.5 Å². The average Bonchev–Trinajstić information content (AvgIpc) is 3.19. The molecule has 5 rings (SSSR count). The van der Waals surface area contributed by atoms with Gasteiger partial charge >= 0.3 is 0 Å². The molecular formula is C17H22N8O2S. The van der Waals surface area contributed by atoms with Gasteiger partial charge in [-0.25, -0.2) is 13.4 Å². The molecule has 1 saturated carbocycles. The molecule has 0 unspecified atom stereocenters. The maximum absolute atomic E-state index is 12.8. The third-order valence-corrected chi connectivity index (χ3v) is 7.74. The van der Waals surface area contributed by atoms with Crippen molar-refractivity contribution in [1.82, 2.24) is 33.7 Å². The minimum atomic E-state index is -3.62. The SMILES string of the molecule is CN(C1CN(c2ccc3nnc(C4CCC4)n3n2)C1)S(=O)(=O)c1nccn1C. The number of aryl methyl sites for hydroxylation is 1. The van der Waals surface area contributed by atoms with E-state index in [0.29, 0.717) is 19.0 Å². The van der Waals surface area contributed by atoms with Crippen LogP contribution in [-0.2, 0) is 17.1 Å². The number of hydrogen-bond acceptors (Lipinski definition) is 7. The van der Waals surface area contributed by atoms with Crippen LogP contribution < -0.4 is 4.90 Å². The standard InChI is InChI=1S/C17H22N8O2S/c1-22-9-8-18-17(22)28(26,27)23(2)13-10-24(11-13)15-7-6-14-19-20-16(25(14)21-15)12-4-3-5-12/h6-9,12-13H,3-5,10-11H2,1-2H3. The predicted molar refractivity (Wildman–Crippen MR) is 102 cm³/mol. The molecule has 148 valence electrons. The summed E-state index contributed by atoms with van der Waals surface area (Å²) in [6.07, 6.45) is 6.62. The highest BCUT2D eigenvalue weighted by atomic mass is 32.2. The zero-order valence-electron chi connectivity index (χ0n) is 15.8. The maximum Gasteiger partial charge on any atom is 0.277 e. The molecule has 3 aromatic rings. The fourth-order valence-electron chi connectivity index (χ4n) is 3.68. The largest absolute Gasteiger partial charge is 0.352 e. The Morgan fingerprint density at radius 2 is 1.96 bits per heavy atom. The first kappa shape index (κ1) is 17.6. The van der Waals surface area contributed by atoms with Crippen LogP contribution in [0.1, 0.15) is 31.0 Å². The molecule has 0 spiro atoms. The highest BCUT2D eigenvalue weighted by molar-refractivity contribution is 7.89. The zero-order valence-corrected chi connectivity index (χ0v) is 16.6. The molecular weight excluding hydrogens is 380 g/mol. The second-order valence-corrected chi connectivity index (χ2v) is 9.44. The number of imidazole rings is 1. The minimum Gasteiger partial charge on any atom is -0.352 e. The van der Waals surface area contributed by atoms with E-state index in [4.69, 9.17) is 5.10 Å². The lowest BCUT2D eigenvalue weighted by atomic mass is 9.85. The van der Waals surface area contributed by atoms with E-state index in [-0.39, 0.29) is 11.2 Å². The molecule has 10 nitrogen and oxygen atoms in total. The van der Waals surface area contributed by atoms with Gasteiger partial charge in [0.05, 0.1) is 6.04 Å². The Labute approximate surface area is 162 Å². The summed E-state index contributed by atoms with van der Waals surface area (Å²) in [5.74, 6) is 2.18. The van der Waals surface area contributed by atoms with Crippen molar-refractivity contribution in [2.45, 2.75) is 36.4 Å². The van der Waals surface area contributed by atoms with Crippen LogP contribution >= 0.6 is 0 Å². The molecule has 28 heavy (non-hydrogen) atoms. The number of rotatable bonds is 5. The monoisotopic (exact) mass is 402 g/mol. The number of aromatic nitrogens is 6. The van der Waals surface area contributed by atoms with E-state index in [2.05, 4.69) is 20.1 Å².